The van der Waals surface area contributed by atoms with Crippen molar-refractivity contribution in [3.05, 3.63) is 150 Å². The maximum atomic E-state index is 6.60. The first-order valence-corrected chi connectivity index (χ1v) is 16.5. The zero-order valence-corrected chi connectivity index (χ0v) is 25.6. The van der Waals surface area contributed by atoms with E-state index in [-0.39, 0.29) is 5.92 Å². The number of hydrogen-bond donors (Lipinski definition) is 0. The van der Waals surface area contributed by atoms with Crippen molar-refractivity contribution in [2.45, 2.75) is 12.8 Å². The van der Waals surface area contributed by atoms with Gasteiger partial charge < -0.3 is 4.42 Å². The van der Waals surface area contributed by atoms with Gasteiger partial charge in [0.05, 0.1) is 0 Å². The molecular formula is C43H28OS. The molecule has 2 unspecified atom stereocenters. The summed E-state index contributed by atoms with van der Waals surface area (Å²) in [6.07, 6.45) is 4.53. The first-order valence-electron chi connectivity index (χ1n) is 15.7. The summed E-state index contributed by atoms with van der Waals surface area (Å²) in [7, 11) is 0. The van der Waals surface area contributed by atoms with E-state index in [1.54, 1.807) is 0 Å². The minimum absolute atomic E-state index is 0.152. The van der Waals surface area contributed by atoms with Gasteiger partial charge in [0.1, 0.15) is 11.3 Å². The Bertz CT molecular complexity index is 2630. The van der Waals surface area contributed by atoms with Crippen molar-refractivity contribution in [3.8, 4) is 11.1 Å². The van der Waals surface area contributed by atoms with Crippen molar-refractivity contribution < 1.29 is 4.42 Å². The Morgan fingerprint density at radius 2 is 1.16 bits per heavy atom. The monoisotopic (exact) mass is 592 g/mol. The first-order chi connectivity index (χ1) is 22.2. The molecule has 2 heterocycles. The van der Waals surface area contributed by atoms with Crippen molar-refractivity contribution >= 4 is 80.9 Å². The molecule has 9 aromatic rings. The largest absolute Gasteiger partial charge is 0.456 e. The molecule has 0 saturated heterocycles. The topological polar surface area (TPSA) is 13.1 Å². The van der Waals surface area contributed by atoms with Crippen LogP contribution in [0.15, 0.2) is 138 Å². The van der Waals surface area contributed by atoms with E-state index in [4.69, 9.17) is 4.42 Å². The van der Waals surface area contributed by atoms with Crippen LogP contribution in [0.25, 0.3) is 80.7 Å². The Morgan fingerprint density at radius 3 is 1.91 bits per heavy atom. The smallest absolute Gasteiger partial charge is 0.135 e. The molecule has 0 bridgehead atoms. The quantitative estimate of drug-likeness (QED) is 0.182. The van der Waals surface area contributed by atoms with Gasteiger partial charge in [-0.1, -0.05) is 110 Å². The second kappa shape index (κ2) is 9.41. The van der Waals surface area contributed by atoms with Crippen molar-refractivity contribution in [1.29, 1.82) is 0 Å². The molecule has 0 aliphatic heterocycles. The molecule has 0 saturated carbocycles. The van der Waals surface area contributed by atoms with Crippen LogP contribution in [0, 0.1) is 5.92 Å². The van der Waals surface area contributed by atoms with Crippen molar-refractivity contribution in [1.82, 2.24) is 0 Å². The van der Waals surface area contributed by atoms with Gasteiger partial charge >= 0.3 is 0 Å². The molecule has 0 fully saturated rings. The van der Waals surface area contributed by atoms with Gasteiger partial charge in [-0.05, 0) is 91.3 Å². The molecule has 1 aliphatic rings. The van der Waals surface area contributed by atoms with Gasteiger partial charge in [-0.2, -0.15) is 0 Å². The second-order valence-electron chi connectivity index (χ2n) is 12.5. The van der Waals surface area contributed by atoms with E-state index in [9.17, 15) is 0 Å². The Hall–Kier alpha value is -5.18. The number of rotatable bonds is 2. The highest BCUT2D eigenvalue weighted by atomic mass is 32.1. The van der Waals surface area contributed by atoms with E-state index >= 15 is 0 Å². The minimum atomic E-state index is 0.152. The van der Waals surface area contributed by atoms with Crippen molar-refractivity contribution in [2.24, 2.45) is 5.92 Å². The molecule has 0 N–H and O–H groups in total. The zero-order chi connectivity index (χ0) is 29.6. The fourth-order valence-electron chi connectivity index (χ4n) is 7.98. The Morgan fingerprint density at radius 1 is 0.533 bits per heavy atom. The molecule has 7 aromatic carbocycles. The van der Waals surface area contributed by atoms with E-state index < -0.39 is 0 Å². The number of fused-ring (bicyclic) bond motifs is 9. The van der Waals surface area contributed by atoms with Gasteiger partial charge in [0.25, 0.3) is 0 Å². The van der Waals surface area contributed by atoms with E-state index in [0.717, 1.165) is 11.3 Å². The predicted octanol–water partition coefficient (Wildman–Crippen LogP) is 12.7. The van der Waals surface area contributed by atoms with Crippen LogP contribution in [0.5, 0.6) is 0 Å². The third-order valence-corrected chi connectivity index (χ3v) is 11.1. The van der Waals surface area contributed by atoms with E-state index in [1.165, 1.54) is 80.1 Å². The molecule has 2 aromatic heterocycles. The lowest BCUT2D eigenvalue weighted by Crippen LogP contribution is -2.14. The number of hydrogen-bond acceptors (Lipinski definition) is 2. The average Bonchev–Trinajstić information content (AvgIpc) is 3.64. The maximum absolute atomic E-state index is 6.60. The SMILES string of the molecule is CC1C=Cc2oc3cc4ccccc4cc3c2C1c1c2ccccc2c(-c2ccc3sc4ccccc4c3c2)c2ccccc12. The molecule has 1 nitrogen and oxygen atoms in total. The van der Waals surface area contributed by atoms with E-state index in [2.05, 4.69) is 146 Å². The van der Waals surface area contributed by atoms with E-state index in [1.807, 2.05) is 11.3 Å². The first kappa shape index (κ1) is 25.2. The van der Waals surface area contributed by atoms with Gasteiger partial charge in [0.2, 0.25) is 0 Å². The summed E-state index contributed by atoms with van der Waals surface area (Å²) in [5.41, 5.74) is 6.23. The zero-order valence-electron chi connectivity index (χ0n) is 24.8. The Balaban J connectivity index is 1.29. The van der Waals surface area contributed by atoms with Crippen LogP contribution in [-0.2, 0) is 0 Å². The predicted molar refractivity (Wildman–Crippen MR) is 194 cm³/mol. The normalized spacial score (nSPS) is 16.5. The molecule has 10 rings (SSSR count). The van der Waals surface area contributed by atoms with Gasteiger partial charge in [-0.15, -0.1) is 11.3 Å². The van der Waals surface area contributed by atoms with E-state index in [0.29, 0.717) is 5.92 Å². The van der Waals surface area contributed by atoms with Gasteiger partial charge in [-0.25, -0.2) is 0 Å². The van der Waals surface area contributed by atoms with Crippen molar-refractivity contribution in [2.75, 3.05) is 0 Å². The van der Waals surface area contributed by atoms with Crippen LogP contribution < -0.4 is 0 Å². The molecule has 1 aliphatic carbocycles. The number of benzene rings is 7. The Labute approximate surface area is 264 Å². The number of allylic oxidation sites excluding steroid dienone is 1. The van der Waals surface area contributed by atoms with Crippen LogP contribution in [-0.4, -0.2) is 0 Å². The van der Waals surface area contributed by atoms with Gasteiger partial charge in [0.15, 0.2) is 0 Å². The summed E-state index contributed by atoms with van der Waals surface area (Å²) in [5.74, 6) is 1.44. The molecule has 0 amide bonds. The third-order valence-electron chi connectivity index (χ3n) is 9.96. The molecule has 45 heavy (non-hydrogen) atoms. The molecular weight excluding hydrogens is 565 g/mol. The molecule has 2 atom stereocenters. The second-order valence-corrected chi connectivity index (χ2v) is 13.5. The van der Waals surface area contributed by atoms with Gasteiger partial charge in [0, 0.05) is 37.0 Å². The maximum Gasteiger partial charge on any atom is 0.135 e. The summed E-state index contributed by atoms with van der Waals surface area (Å²) in [6, 6.07) is 47.1. The molecule has 2 heteroatoms. The summed E-state index contributed by atoms with van der Waals surface area (Å²) >= 11 is 1.87. The Kier molecular flexibility index (Phi) is 5.26. The summed E-state index contributed by atoms with van der Waals surface area (Å²) in [5, 5.41) is 11.6. The minimum Gasteiger partial charge on any atom is -0.456 e. The van der Waals surface area contributed by atoms with Gasteiger partial charge in [-0.3, -0.25) is 0 Å². The number of furan rings is 1. The lowest BCUT2D eigenvalue weighted by atomic mass is 9.73. The lowest BCUT2D eigenvalue weighted by molar-refractivity contribution is 0.562. The number of thiophene rings is 1. The fraction of sp³-hybridized carbons (Fsp3) is 0.0698. The average molecular weight is 593 g/mol. The summed E-state index contributed by atoms with van der Waals surface area (Å²) < 4.78 is 9.27. The molecule has 0 radical (unpaired) electrons. The molecule has 212 valence electrons. The highest BCUT2D eigenvalue weighted by Gasteiger charge is 2.33. The molecule has 0 spiro atoms. The van der Waals surface area contributed by atoms with Crippen LogP contribution in [0.1, 0.15) is 29.7 Å². The highest BCUT2D eigenvalue weighted by Crippen LogP contribution is 2.51. The third kappa shape index (κ3) is 3.61. The van der Waals surface area contributed by atoms with Crippen LogP contribution >= 0.6 is 11.3 Å². The fourth-order valence-corrected chi connectivity index (χ4v) is 9.06. The lowest BCUT2D eigenvalue weighted by Gasteiger charge is -2.29. The van der Waals surface area contributed by atoms with Crippen LogP contribution in [0.2, 0.25) is 0 Å². The highest BCUT2D eigenvalue weighted by molar-refractivity contribution is 7.25. The summed E-state index contributed by atoms with van der Waals surface area (Å²) in [4.78, 5) is 0. The van der Waals surface area contributed by atoms with Crippen molar-refractivity contribution in [3.63, 3.8) is 0 Å². The standard InChI is InChI=1S/C43H28OS/c1-25-18-20-36-43(35-22-26-10-2-3-11-27(26)24-37(35)44-36)40(25)42-32-15-6-4-13-30(32)41(31-14-5-7-16-33(31)42)28-19-21-39-34(23-28)29-12-8-9-17-38(29)45-39/h2-25,40H,1H3. The summed E-state index contributed by atoms with van der Waals surface area (Å²) in [6.45, 7) is 2.36. The van der Waals surface area contributed by atoms with Crippen LogP contribution in [0.4, 0.5) is 0 Å². The van der Waals surface area contributed by atoms with Crippen LogP contribution in [0.3, 0.4) is 0 Å².